The van der Waals surface area contributed by atoms with Crippen LogP contribution in [-0.4, -0.2) is 43.5 Å². The van der Waals surface area contributed by atoms with Gasteiger partial charge in [0.05, 0.1) is 25.4 Å². The van der Waals surface area contributed by atoms with E-state index in [-0.39, 0.29) is 23.3 Å². The molecule has 0 aromatic carbocycles. The first-order valence-corrected chi connectivity index (χ1v) is 5.94. The Kier molecular flexibility index (Phi) is 2.83. The van der Waals surface area contributed by atoms with E-state index in [1.165, 1.54) is 17.2 Å². The molecule has 3 heterocycles. The fraction of sp³-hybridized carbons (Fsp3) is 0.545. The van der Waals surface area contributed by atoms with Gasteiger partial charge in [0.1, 0.15) is 0 Å². The zero-order valence-electron chi connectivity index (χ0n) is 10.2. The van der Waals surface area contributed by atoms with Crippen molar-refractivity contribution in [1.29, 1.82) is 0 Å². The summed E-state index contributed by atoms with van der Waals surface area (Å²) >= 11 is 0. The zero-order valence-corrected chi connectivity index (χ0v) is 10.2. The second-order valence-electron chi connectivity index (χ2n) is 4.61. The molecule has 0 saturated carbocycles. The van der Waals surface area contributed by atoms with Gasteiger partial charge in [0.25, 0.3) is 5.56 Å². The normalized spacial score (nSPS) is 31.1. The minimum atomic E-state index is -1.30. The van der Waals surface area contributed by atoms with Gasteiger partial charge in [-0.2, -0.15) is 0 Å². The fourth-order valence-corrected chi connectivity index (χ4v) is 2.32. The topological polar surface area (TPSA) is 93.0 Å². The number of hydrogen-bond donors (Lipinski definition) is 2. The Morgan fingerprint density at radius 3 is 3.05 bits per heavy atom. The van der Waals surface area contributed by atoms with Crippen molar-refractivity contribution in [3.05, 3.63) is 23.0 Å². The molecule has 1 aliphatic rings. The van der Waals surface area contributed by atoms with Crippen LogP contribution in [0.15, 0.2) is 17.4 Å². The highest BCUT2D eigenvalue weighted by molar-refractivity contribution is 5.68. The molecule has 8 heteroatoms. The van der Waals surface area contributed by atoms with Crippen molar-refractivity contribution in [2.45, 2.75) is 25.4 Å². The lowest BCUT2D eigenvalue weighted by molar-refractivity contribution is -0.0378. The van der Waals surface area contributed by atoms with Gasteiger partial charge in [0, 0.05) is 5.92 Å². The van der Waals surface area contributed by atoms with Gasteiger partial charge in [-0.15, -0.1) is 0 Å². The van der Waals surface area contributed by atoms with Crippen LogP contribution in [0.4, 0.5) is 4.39 Å². The molecule has 1 saturated heterocycles. The van der Waals surface area contributed by atoms with Crippen molar-refractivity contribution in [2.75, 3.05) is 6.61 Å². The molecule has 1 fully saturated rings. The van der Waals surface area contributed by atoms with Gasteiger partial charge in [-0.1, -0.05) is 6.92 Å². The molecule has 2 N–H and O–H groups in total. The van der Waals surface area contributed by atoms with Crippen LogP contribution in [-0.2, 0) is 4.74 Å². The van der Waals surface area contributed by atoms with E-state index < -0.39 is 24.4 Å². The number of nitrogens with zero attached hydrogens (tertiary/aromatic N) is 3. The van der Waals surface area contributed by atoms with E-state index in [0.717, 1.165) is 0 Å². The number of fused-ring (bicyclic) bond motifs is 1. The van der Waals surface area contributed by atoms with Crippen LogP contribution in [0, 0.1) is 5.92 Å². The van der Waals surface area contributed by atoms with E-state index in [1.54, 1.807) is 6.92 Å². The number of ether oxygens (including phenoxy) is 1. The average Bonchev–Trinajstić information content (AvgIpc) is 2.94. The predicted molar refractivity (Wildman–Crippen MR) is 63.2 cm³/mol. The van der Waals surface area contributed by atoms with Gasteiger partial charge in [-0.3, -0.25) is 9.36 Å². The summed E-state index contributed by atoms with van der Waals surface area (Å²) in [5.41, 5.74) is 0.0181. The molecule has 0 unspecified atom stereocenters. The van der Waals surface area contributed by atoms with E-state index >= 15 is 0 Å². The lowest BCUT2D eigenvalue weighted by Gasteiger charge is -2.15. The van der Waals surface area contributed by atoms with Crippen molar-refractivity contribution in [3.63, 3.8) is 0 Å². The Labute approximate surface area is 107 Å². The van der Waals surface area contributed by atoms with Crippen molar-refractivity contribution in [1.82, 2.24) is 19.5 Å². The highest BCUT2D eigenvalue weighted by atomic mass is 19.1. The van der Waals surface area contributed by atoms with Crippen LogP contribution < -0.4 is 5.56 Å². The number of aliphatic hydroxyl groups excluding tert-OH is 1. The third kappa shape index (κ3) is 1.75. The molecule has 102 valence electrons. The second-order valence-corrected chi connectivity index (χ2v) is 4.61. The van der Waals surface area contributed by atoms with E-state index in [0.29, 0.717) is 0 Å². The lowest BCUT2D eigenvalue weighted by atomic mass is 10.0. The number of imidazole rings is 1. The maximum Gasteiger partial charge on any atom is 0.278 e. The molecule has 2 aromatic heterocycles. The molecule has 2 aromatic rings. The predicted octanol–water partition coefficient (Wildman–Crippen LogP) is -0.0165. The summed E-state index contributed by atoms with van der Waals surface area (Å²) < 4.78 is 21.1. The van der Waals surface area contributed by atoms with Crippen LogP contribution in [0.1, 0.15) is 13.2 Å². The molecule has 0 aliphatic carbocycles. The minimum absolute atomic E-state index is 0.137. The Morgan fingerprint density at radius 2 is 2.37 bits per heavy atom. The molecule has 7 nitrogen and oxygen atoms in total. The molecule has 1 aliphatic heterocycles. The summed E-state index contributed by atoms with van der Waals surface area (Å²) in [4.78, 5) is 21.8. The number of aliphatic hydroxyl groups is 1. The van der Waals surface area contributed by atoms with Crippen LogP contribution >= 0.6 is 0 Å². The highest BCUT2D eigenvalue weighted by Gasteiger charge is 2.43. The second kappa shape index (κ2) is 4.39. The van der Waals surface area contributed by atoms with E-state index in [2.05, 4.69) is 15.0 Å². The molecular formula is C11H13FN4O3. The maximum atomic E-state index is 14.2. The van der Waals surface area contributed by atoms with Crippen molar-refractivity contribution >= 4 is 11.2 Å². The molecule has 3 rings (SSSR count). The lowest BCUT2D eigenvalue weighted by Crippen LogP contribution is -2.22. The number of hydrogen-bond acceptors (Lipinski definition) is 5. The molecule has 0 amide bonds. The Hall–Kier alpha value is -1.80. The van der Waals surface area contributed by atoms with Gasteiger partial charge in [0.15, 0.2) is 23.6 Å². The first kappa shape index (κ1) is 12.2. The summed E-state index contributed by atoms with van der Waals surface area (Å²) in [6.07, 6.45) is -0.226. The quantitative estimate of drug-likeness (QED) is 0.798. The number of halogens is 1. The third-order valence-electron chi connectivity index (χ3n) is 3.49. The van der Waals surface area contributed by atoms with Crippen LogP contribution in [0.2, 0.25) is 0 Å². The Balaban J connectivity index is 2.06. The summed E-state index contributed by atoms with van der Waals surface area (Å²) in [5, 5.41) is 9.14. The molecule has 19 heavy (non-hydrogen) atoms. The summed E-state index contributed by atoms with van der Waals surface area (Å²) in [5.74, 6) is -0.436. The maximum absolute atomic E-state index is 14.2. The average molecular weight is 268 g/mol. The summed E-state index contributed by atoms with van der Waals surface area (Å²) in [7, 11) is 0. The van der Waals surface area contributed by atoms with Crippen LogP contribution in [0.3, 0.4) is 0 Å². The standard InChI is InChI=1S/C11H13FN4O3/c1-5-6(2-17)19-11(7(5)12)16-4-15-8-9(16)13-3-14-10(8)18/h3-7,11,17H,2H2,1H3,(H,13,14,18)/t5-,6-,7-,11-/m1/s1. The van der Waals surface area contributed by atoms with Gasteiger partial charge < -0.3 is 14.8 Å². The van der Waals surface area contributed by atoms with Crippen molar-refractivity contribution in [2.24, 2.45) is 5.92 Å². The smallest absolute Gasteiger partial charge is 0.278 e. The van der Waals surface area contributed by atoms with Gasteiger partial charge in [-0.05, 0) is 0 Å². The fourth-order valence-electron chi connectivity index (χ4n) is 2.32. The molecular weight excluding hydrogens is 255 g/mol. The minimum Gasteiger partial charge on any atom is -0.394 e. The summed E-state index contributed by atoms with van der Waals surface area (Å²) in [6.45, 7) is 1.42. The van der Waals surface area contributed by atoms with Crippen molar-refractivity contribution < 1.29 is 14.2 Å². The molecule has 0 spiro atoms. The molecule has 4 atom stereocenters. The van der Waals surface area contributed by atoms with E-state index in [1.807, 2.05) is 0 Å². The third-order valence-corrected chi connectivity index (χ3v) is 3.49. The first-order valence-electron chi connectivity index (χ1n) is 5.94. The number of aromatic nitrogens is 4. The number of nitrogens with one attached hydrogen (secondary N) is 1. The van der Waals surface area contributed by atoms with Crippen LogP contribution in [0.25, 0.3) is 11.2 Å². The van der Waals surface area contributed by atoms with Crippen molar-refractivity contribution in [3.8, 4) is 0 Å². The van der Waals surface area contributed by atoms with Gasteiger partial charge in [0.2, 0.25) is 0 Å². The first-order chi connectivity index (χ1) is 9.13. The zero-order chi connectivity index (χ0) is 13.6. The van der Waals surface area contributed by atoms with Crippen LogP contribution in [0.5, 0.6) is 0 Å². The van der Waals surface area contributed by atoms with Gasteiger partial charge >= 0.3 is 0 Å². The number of H-pyrrole nitrogens is 1. The Bertz CT molecular complexity index is 655. The largest absolute Gasteiger partial charge is 0.394 e. The SMILES string of the molecule is C[C@H]1[C@@H](F)[C@H](n2cnc3c(=O)[nH]cnc32)O[C@@H]1CO. The molecule has 0 radical (unpaired) electrons. The number of rotatable bonds is 2. The Morgan fingerprint density at radius 1 is 1.58 bits per heavy atom. The monoisotopic (exact) mass is 268 g/mol. The number of alkyl halides is 1. The van der Waals surface area contributed by atoms with E-state index in [4.69, 9.17) is 9.84 Å². The highest BCUT2D eigenvalue weighted by Crippen LogP contribution is 2.36. The molecule has 0 bridgehead atoms. The van der Waals surface area contributed by atoms with Gasteiger partial charge in [-0.25, -0.2) is 14.4 Å². The van der Waals surface area contributed by atoms with E-state index in [9.17, 15) is 9.18 Å². The summed E-state index contributed by atoms with van der Waals surface area (Å²) in [6, 6.07) is 0. The number of aromatic amines is 1.